The third kappa shape index (κ3) is 1.94. The molecule has 2 N–H and O–H groups in total. The molecule has 0 saturated heterocycles. The summed E-state index contributed by atoms with van der Waals surface area (Å²) in [6.07, 6.45) is 2.11. The maximum Gasteiger partial charge on any atom is 0.358 e. The zero-order valence-corrected chi connectivity index (χ0v) is 9.74. The molecule has 0 radical (unpaired) electrons. The summed E-state index contributed by atoms with van der Waals surface area (Å²) in [6.45, 7) is 0. The van der Waals surface area contributed by atoms with Crippen molar-refractivity contribution >= 4 is 27.7 Å². The van der Waals surface area contributed by atoms with Gasteiger partial charge in [0.25, 0.3) is 0 Å². The summed E-state index contributed by atoms with van der Waals surface area (Å²) >= 11 is 3.17. The van der Waals surface area contributed by atoms with E-state index in [2.05, 4.69) is 30.6 Å². The van der Waals surface area contributed by atoms with Gasteiger partial charge in [-0.15, -0.1) is 0 Å². The Kier molecular flexibility index (Phi) is 2.60. The van der Waals surface area contributed by atoms with Gasteiger partial charge in [0.15, 0.2) is 5.69 Å². The molecule has 0 unspecified atom stereocenters. The van der Waals surface area contributed by atoms with E-state index in [1.165, 1.54) is 7.11 Å². The van der Waals surface area contributed by atoms with Crippen LogP contribution >= 0.6 is 15.9 Å². The smallest absolute Gasteiger partial charge is 0.358 e. The summed E-state index contributed by atoms with van der Waals surface area (Å²) in [5.74, 6) is 0.769. The van der Waals surface area contributed by atoms with E-state index in [-0.39, 0.29) is 11.5 Å². The number of hydrogen-bond acceptors (Lipinski definition) is 5. The second-order valence-corrected chi connectivity index (χ2v) is 4.19. The van der Waals surface area contributed by atoms with Crippen molar-refractivity contribution in [3.8, 4) is 0 Å². The molecular weight excluding hydrogens is 262 g/mol. The van der Waals surface area contributed by atoms with Gasteiger partial charge < -0.3 is 10.5 Å². The summed E-state index contributed by atoms with van der Waals surface area (Å²) in [4.78, 5) is 19.7. The molecule has 0 bridgehead atoms. The minimum absolute atomic E-state index is 0.201. The van der Waals surface area contributed by atoms with Crippen LogP contribution < -0.4 is 5.73 Å². The predicted molar refractivity (Wildman–Crippen MR) is 57.5 cm³/mol. The molecule has 6 heteroatoms. The molecular formula is C9H10BrN3O2. The molecule has 1 aliphatic carbocycles. The zero-order valence-electron chi connectivity index (χ0n) is 8.16. The van der Waals surface area contributed by atoms with Gasteiger partial charge in [0.1, 0.15) is 11.6 Å². The largest absolute Gasteiger partial charge is 0.464 e. The topological polar surface area (TPSA) is 78.1 Å². The number of nitrogens with zero attached hydrogens (tertiary/aromatic N) is 2. The Morgan fingerprint density at radius 1 is 1.53 bits per heavy atom. The molecule has 0 amide bonds. The summed E-state index contributed by atoms with van der Waals surface area (Å²) in [5, 5.41) is 0. The van der Waals surface area contributed by atoms with Crippen LogP contribution in [-0.4, -0.2) is 23.0 Å². The third-order valence-electron chi connectivity index (χ3n) is 2.22. The highest BCUT2D eigenvalue weighted by atomic mass is 79.9. The number of nitrogen functional groups attached to an aromatic ring is 1. The molecule has 80 valence electrons. The third-order valence-corrected chi connectivity index (χ3v) is 3.00. The quantitative estimate of drug-likeness (QED) is 0.825. The van der Waals surface area contributed by atoms with Crippen molar-refractivity contribution in [1.29, 1.82) is 0 Å². The van der Waals surface area contributed by atoms with Crippen molar-refractivity contribution in [1.82, 2.24) is 9.97 Å². The maximum absolute atomic E-state index is 11.4. The monoisotopic (exact) mass is 271 g/mol. The Labute approximate surface area is 95.2 Å². The number of aromatic nitrogens is 2. The van der Waals surface area contributed by atoms with Crippen LogP contribution in [-0.2, 0) is 4.74 Å². The van der Waals surface area contributed by atoms with Gasteiger partial charge in [0.2, 0.25) is 0 Å². The highest BCUT2D eigenvalue weighted by molar-refractivity contribution is 9.10. The zero-order chi connectivity index (χ0) is 11.0. The van der Waals surface area contributed by atoms with Crippen LogP contribution in [0.4, 0.5) is 5.82 Å². The van der Waals surface area contributed by atoms with Crippen LogP contribution in [0.25, 0.3) is 0 Å². The molecule has 1 fully saturated rings. The Hall–Kier alpha value is -1.17. The summed E-state index contributed by atoms with van der Waals surface area (Å²) in [5.41, 5.74) is 5.87. The van der Waals surface area contributed by atoms with Crippen LogP contribution in [0.5, 0.6) is 0 Å². The van der Waals surface area contributed by atoms with Crippen LogP contribution in [0.1, 0.15) is 35.1 Å². The van der Waals surface area contributed by atoms with E-state index in [1.54, 1.807) is 0 Å². The molecule has 0 spiro atoms. The molecule has 5 nitrogen and oxygen atoms in total. The fourth-order valence-corrected chi connectivity index (χ4v) is 1.58. The van der Waals surface area contributed by atoms with Gasteiger partial charge in [0.05, 0.1) is 11.6 Å². The molecule has 1 saturated carbocycles. The van der Waals surface area contributed by atoms with E-state index >= 15 is 0 Å². The molecule has 1 aliphatic rings. The fourth-order valence-electron chi connectivity index (χ4n) is 1.24. The molecule has 15 heavy (non-hydrogen) atoms. The van der Waals surface area contributed by atoms with E-state index in [9.17, 15) is 4.79 Å². The lowest BCUT2D eigenvalue weighted by atomic mass is 10.3. The number of methoxy groups -OCH3 is 1. The van der Waals surface area contributed by atoms with E-state index in [0.29, 0.717) is 16.2 Å². The van der Waals surface area contributed by atoms with E-state index in [1.807, 2.05) is 0 Å². The average Bonchev–Trinajstić information content (AvgIpc) is 3.04. The lowest BCUT2D eigenvalue weighted by Gasteiger charge is -2.06. The van der Waals surface area contributed by atoms with Gasteiger partial charge >= 0.3 is 5.97 Å². The first-order valence-electron chi connectivity index (χ1n) is 4.54. The lowest BCUT2D eigenvalue weighted by molar-refractivity contribution is 0.0592. The standard InChI is InChI=1S/C9H10BrN3O2/c1-15-9(14)6-5(10)7(11)13-8(12-6)4-2-3-4/h4H,2-3H2,1H3,(H2,11,12,13). The first-order chi connectivity index (χ1) is 7.13. The predicted octanol–water partition coefficient (Wildman–Crippen LogP) is 1.49. The molecule has 0 atom stereocenters. The fraction of sp³-hybridized carbons (Fsp3) is 0.444. The van der Waals surface area contributed by atoms with E-state index in [0.717, 1.165) is 12.8 Å². The van der Waals surface area contributed by atoms with Crippen molar-refractivity contribution in [2.45, 2.75) is 18.8 Å². The van der Waals surface area contributed by atoms with Crippen molar-refractivity contribution < 1.29 is 9.53 Å². The van der Waals surface area contributed by atoms with Crippen LogP contribution in [0, 0.1) is 0 Å². The number of nitrogens with two attached hydrogens (primary N) is 1. The van der Waals surface area contributed by atoms with Gasteiger partial charge in [-0.1, -0.05) is 0 Å². The van der Waals surface area contributed by atoms with E-state index in [4.69, 9.17) is 5.73 Å². The Morgan fingerprint density at radius 3 is 2.73 bits per heavy atom. The normalized spacial score (nSPS) is 15.1. The number of esters is 1. The molecule has 0 aliphatic heterocycles. The molecule has 0 aromatic carbocycles. The Balaban J connectivity index is 2.46. The van der Waals surface area contributed by atoms with Gasteiger partial charge in [-0.25, -0.2) is 14.8 Å². The SMILES string of the molecule is COC(=O)c1nc(C2CC2)nc(N)c1Br. The van der Waals surface area contributed by atoms with Crippen LogP contribution in [0.15, 0.2) is 4.47 Å². The number of carbonyl (C=O) groups is 1. The van der Waals surface area contributed by atoms with Gasteiger partial charge in [-0.3, -0.25) is 0 Å². The molecule has 1 aromatic heterocycles. The number of ether oxygens (including phenoxy) is 1. The number of halogens is 1. The first kappa shape index (κ1) is 10.4. The Bertz CT molecular complexity index is 418. The summed E-state index contributed by atoms with van der Waals surface area (Å²) in [7, 11) is 1.31. The van der Waals surface area contributed by atoms with Gasteiger partial charge in [-0.2, -0.15) is 0 Å². The van der Waals surface area contributed by atoms with Crippen LogP contribution in [0.3, 0.4) is 0 Å². The first-order valence-corrected chi connectivity index (χ1v) is 5.34. The van der Waals surface area contributed by atoms with E-state index < -0.39 is 5.97 Å². The minimum atomic E-state index is -0.502. The number of carbonyl (C=O) groups excluding carboxylic acids is 1. The lowest BCUT2D eigenvalue weighted by Crippen LogP contribution is -2.11. The Morgan fingerprint density at radius 2 is 2.20 bits per heavy atom. The highest BCUT2D eigenvalue weighted by Crippen LogP contribution is 2.39. The summed E-state index contributed by atoms with van der Waals surface area (Å²) in [6, 6.07) is 0. The van der Waals surface area contributed by atoms with Gasteiger partial charge in [0, 0.05) is 5.92 Å². The van der Waals surface area contributed by atoms with Gasteiger partial charge in [-0.05, 0) is 28.8 Å². The number of anilines is 1. The van der Waals surface area contributed by atoms with Crippen molar-refractivity contribution in [2.24, 2.45) is 0 Å². The second-order valence-electron chi connectivity index (χ2n) is 3.40. The molecule has 1 aromatic rings. The molecule has 1 heterocycles. The highest BCUT2D eigenvalue weighted by Gasteiger charge is 2.29. The number of hydrogen-bond donors (Lipinski definition) is 1. The summed E-state index contributed by atoms with van der Waals surface area (Å²) < 4.78 is 5.01. The maximum atomic E-state index is 11.4. The minimum Gasteiger partial charge on any atom is -0.464 e. The van der Waals surface area contributed by atoms with Crippen molar-refractivity contribution in [3.05, 3.63) is 16.0 Å². The molecule has 2 rings (SSSR count). The number of rotatable bonds is 2. The average molecular weight is 272 g/mol. The van der Waals surface area contributed by atoms with Crippen molar-refractivity contribution in [2.75, 3.05) is 12.8 Å². The second kappa shape index (κ2) is 3.77. The van der Waals surface area contributed by atoms with Crippen molar-refractivity contribution in [3.63, 3.8) is 0 Å². The van der Waals surface area contributed by atoms with Crippen LogP contribution in [0.2, 0.25) is 0 Å².